The molecule has 0 radical (unpaired) electrons. The maximum absolute atomic E-state index is 5.78. The van der Waals surface area contributed by atoms with E-state index in [2.05, 4.69) is 57.1 Å². The Morgan fingerprint density at radius 3 is 2.47 bits per heavy atom. The molecule has 0 bridgehead atoms. The van der Waals surface area contributed by atoms with Gasteiger partial charge in [0.1, 0.15) is 5.82 Å². The number of nitrogen functional groups attached to an aromatic ring is 1. The lowest BCUT2D eigenvalue weighted by atomic mass is 10.1. The average Bonchev–Trinajstić information content (AvgIpc) is 2.41. The molecule has 4 heteroatoms. The van der Waals surface area contributed by atoms with E-state index in [1.54, 1.807) is 0 Å². The minimum Gasteiger partial charge on any atom is -0.397 e. The highest BCUT2D eigenvalue weighted by molar-refractivity contribution is 9.10. The lowest BCUT2D eigenvalue weighted by Crippen LogP contribution is -2.21. The number of rotatable bonds is 4. The minimum absolute atomic E-state index is 0.741. The van der Waals surface area contributed by atoms with Crippen LogP contribution < -0.4 is 10.6 Å². The molecule has 2 rings (SSSR count). The Labute approximate surface area is 122 Å². The second-order valence-corrected chi connectivity index (χ2v) is 5.56. The van der Waals surface area contributed by atoms with Crippen LogP contribution >= 0.6 is 15.9 Å². The van der Waals surface area contributed by atoms with Crippen LogP contribution in [0.25, 0.3) is 0 Å². The Bertz CT molecular complexity index is 552. The molecule has 100 valence electrons. The summed E-state index contributed by atoms with van der Waals surface area (Å²) in [5, 5.41) is 0. The van der Waals surface area contributed by atoms with E-state index in [1.807, 2.05) is 19.1 Å². The Hall–Kier alpha value is -1.55. The van der Waals surface area contributed by atoms with Gasteiger partial charge in [0.05, 0.1) is 11.4 Å². The van der Waals surface area contributed by atoms with Crippen molar-refractivity contribution in [2.75, 3.05) is 24.2 Å². The minimum atomic E-state index is 0.741. The SMILES string of the molecule is Cc1nc(N(C)CCc2ccc(Br)cc2)ccc1N. The predicted molar refractivity (Wildman–Crippen MR) is 84.5 cm³/mol. The number of nitrogens with two attached hydrogens (primary N) is 1. The van der Waals surface area contributed by atoms with Gasteiger partial charge in [-0.25, -0.2) is 4.98 Å². The Morgan fingerprint density at radius 2 is 1.84 bits per heavy atom. The van der Waals surface area contributed by atoms with Crippen LogP contribution in [0, 0.1) is 6.92 Å². The van der Waals surface area contributed by atoms with Crippen molar-refractivity contribution in [1.29, 1.82) is 0 Å². The molecule has 0 fully saturated rings. The molecule has 0 spiro atoms. The predicted octanol–water partition coefficient (Wildman–Crippen LogP) is 3.41. The van der Waals surface area contributed by atoms with Crippen molar-refractivity contribution in [1.82, 2.24) is 4.98 Å². The summed E-state index contributed by atoms with van der Waals surface area (Å²) in [6.07, 6.45) is 0.995. The Kier molecular flexibility index (Phi) is 4.43. The third-order valence-corrected chi connectivity index (χ3v) is 3.68. The number of hydrogen-bond donors (Lipinski definition) is 1. The summed E-state index contributed by atoms with van der Waals surface area (Å²) in [6, 6.07) is 12.3. The largest absolute Gasteiger partial charge is 0.397 e. The van der Waals surface area contributed by atoms with Gasteiger partial charge in [-0.1, -0.05) is 28.1 Å². The van der Waals surface area contributed by atoms with Crippen molar-refractivity contribution in [3.63, 3.8) is 0 Å². The van der Waals surface area contributed by atoms with Gasteiger partial charge in [0.15, 0.2) is 0 Å². The van der Waals surface area contributed by atoms with Crippen LogP contribution in [0.2, 0.25) is 0 Å². The van der Waals surface area contributed by atoms with E-state index >= 15 is 0 Å². The van der Waals surface area contributed by atoms with Gasteiger partial charge in [-0.3, -0.25) is 0 Å². The first-order valence-corrected chi connectivity index (χ1v) is 7.04. The average molecular weight is 320 g/mol. The van der Waals surface area contributed by atoms with Gasteiger partial charge < -0.3 is 10.6 Å². The molecule has 2 N–H and O–H groups in total. The molecule has 2 aromatic rings. The third kappa shape index (κ3) is 3.70. The smallest absolute Gasteiger partial charge is 0.128 e. The number of halogens is 1. The van der Waals surface area contributed by atoms with Crippen LogP contribution in [0.4, 0.5) is 11.5 Å². The van der Waals surface area contributed by atoms with Crippen molar-refractivity contribution in [2.24, 2.45) is 0 Å². The first-order chi connectivity index (χ1) is 9.06. The van der Waals surface area contributed by atoms with E-state index < -0.39 is 0 Å². The van der Waals surface area contributed by atoms with Crippen molar-refractivity contribution in [3.05, 3.63) is 52.1 Å². The van der Waals surface area contributed by atoms with E-state index in [4.69, 9.17) is 5.73 Å². The zero-order chi connectivity index (χ0) is 13.8. The zero-order valence-electron chi connectivity index (χ0n) is 11.2. The van der Waals surface area contributed by atoms with E-state index in [0.29, 0.717) is 0 Å². The number of hydrogen-bond acceptors (Lipinski definition) is 3. The van der Waals surface area contributed by atoms with Crippen LogP contribution in [0.5, 0.6) is 0 Å². The number of aromatic nitrogens is 1. The first-order valence-electron chi connectivity index (χ1n) is 6.25. The molecule has 1 aromatic heterocycles. The second kappa shape index (κ2) is 6.06. The summed E-state index contributed by atoms with van der Waals surface area (Å²) in [6.45, 7) is 2.86. The van der Waals surface area contributed by atoms with Crippen LogP contribution in [0.15, 0.2) is 40.9 Å². The highest BCUT2D eigenvalue weighted by atomic mass is 79.9. The van der Waals surface area contributed by atoms with Gasteiger partial charge in [0.2, 0.25) is 0 Å². The number of benzene rings is 1. The first kappa shape index (κ1) is 13.9. The number of likely N-dealkylation sites (N-methyl/N-ethyl adjacent to an activating group) is 1. The number of anilines is 2. The van der Waals surface area contributed by atoms with Gasteiger partial charge in [-0.2, -0.15) is 0 Å². The summed E-state index contributed by atoms with van der Waals surface area (Å²) in [7, 11) is 2.05. The molecular weight excluding hydrogens is 302 g/mol. The van der Waals surface area contributed by atoms with E-state index in [-0.39, 0.29) is 0 Å². The quantitative estimate of drug-likeness (QED) is 0.939. The van der Waals surface area contributed by atoms with Crippen LogP contribution in [0.3, 0.4) is 0 Å². The monoisotopic (exact) mass is 319 g/mol. The molecule has 1 heterocycles. The van der Waals surface area contributed by atoms with Crippen LogP contribution in [-0.4, -0.2) is 18.6 Å². The third-order valence-electron chi connectivity index (χ3n) is 3.15. The van der Waals surface area contributed by atoms with Gasteiger partial charge in [0.25, 0.3) is 0 Å². The molecule has 0 amide bonds. The fourth-order valence-electron chi connectivity index (χ4n) is 1.83. The van der Waals surface area contributed by atoms with Crippen molar-refractivity contribution >= 4 is 27.4 Å². The number of nitrogens with zero attached hydrogens (tertiary/aromatic N) is 2. The van der Waals surface area contributed by atoms with Gasteiger partial charge in [-0.15, -0.1) is 0 Å². The second-order valence-electron chi connectivity index (χ2n) is 4.64. The van der Waals surface area contributed by atoms with E-state index in [0.717, 1.165) is 34.6 Å². The Balaban J connectivity index is 1.98. The summed E-state index contributed by atoms with van der Waals surface area (Å²) in [5.74, 6) is 0.962. The highest BCUT2D eigenvalue weighted by Crippen LogP contribution is 2.16. The molecule has 19 heavy (non-hydrogen) atoms. The van der Waals surface area contributed by atoms with Crippen molar-refractivity contribution in [2.45, 2.75) is 13.3 Å². The molecule has 0 unspecified atom stereocenters. The van der Waals surface area contributed by atoms with Crippen molar-refractivity contribution < 1.29 is 0 Å². The standard InChI is InChI=1S/C15H18BrN3/c1-11-14(17)7-8-15(18-11)19(2)10-9-12-3-5-13(16)6-4-12/h3-8H,9-10,17H2,1-2H3. The van der Waals surface area contributed by atoms with Crippen LogP contribution in [-0.2, 0) is 6.42 Å². The molecule has 0 aliphatic rings. The summed E-state index contributed by atoms with van der Waals surface area (Å²) in [4.78, 5) is 6.64. The molecule has 0 saturated heterocycles. The topological polar surface area (TPSA) is 42.2 Å². The zero-order valence-corrected chi connectivity index (χ0v) is 12.8. The molecule has 0 aliphatic heterocycles. The Morgan fingerprint density at radius 1 is 1.16 bits per heavy atom. The fraction of sp³-hybridized carbons (Fsp3) is 0.267. The number of aryl methyl sites for hydroxylation is 1. The number of pyridine rings is 1. The lowest BCUT2D eigenvalue weighted by molar-refractivity contribution is 0.857. The van der Waals surface area contributed by atoms with Gasteiger partial charge in [0, 0.05) is 18.1 Å². The molecule has 0 saturated carbocycles. The van der Waals surface area contributed by atoms with Gasteiger partial charge >= 0.3 is 0 Å². The summed E-state index contributed by atoms with van der Waals surface area (Å²) >= 11 is 3.44. The van der Waals surface area contributed by atoms with E-state index in [9.17, 15) is 0 Å². The summed E-state index contributed by atoms with van der Waals surface area (Å²) < 4.78 is 1.11. The molecule has 1 aromatic carbocycles. The molecular formula is C15H18BrN3. The normalized spacial score (nSPS) is 10.5. The van der Waals surface area contributed by atoms with E-state index in [1.165, 1.54) is 5.56 Å². The van der Waals surface area contributed by atoms with Crippen LogP contribution in [0.1, 0.15) is 11.3 Å². The lowest BCUT2D eigenvalue weighted by Gasteiger charge is -2.19. The fourth-order valence-corrected chi connectivity index (χ4v) is 2.10. The van der Waals surface area contributed by atoms with Crippen molar-refractivity contribution in [3.8, 4) is 0 Å². The molecule has 3 nitrogen and oxygen atoms in total. The molecule has 0 aliphatic carbocycles. The maximum Gasteiger partial charge on any atom is 0.128 e. The van der Waals surface area contributed by atoms with Gasteiger partial charge in [-0.05, 0) is 43.2 Å². The summed E-state index contributed by atoms with van der Waals surface area (Å²) in [5.41, 5.74) is 8.73. The highest BCUT2D eigenvalue weighted by Gasteiger charge is 2.04. The maximum atomic E-state index is 5.78. The molecule has 0 atom stereocenters.